The number of imide groups is 2. The first-order chi connectivity index (χ1) is 54.6. The number of aromatic nitrogens is 12. The highest BCUT2D eigenvalue weighted by molar-refractivity contribution is 6.33. The molecule has 5 N–H and O–H groups in total. The summed E-state index contributed by atoms with van der Waals surface area (Å²) < 4.78 is 32.1. The molecule has 114 heavy (non-hydrogen) atoms. The van der Waals surface area contributed by atoms with Crippen molar-refractivity contribution in [3.05, 3.63) is 128 Å². The Morgan fingerprint density at radius 3 is 1.48 bits per heavy atom. The van der Waals surface area contributed by atoms with E-state index in [1.807, 2.05) is 64.3 Å². The summed E-state index contributed by atoms with van der Waals surface area (Å²) in [5.41, 5.74) is 3.51. The van der Waals surface area contributed by atoms with Crippen LogP contribution in [0.5, 0.6) is 23.0 Å². The summed E-state index contributed by atoms with van der Waals surface area (Å²) in [5, 5.41) is 26.6. The smallest absolute Gasteiger partial charge is 0.294 e. The zero-order valence-electron chi connectivity index (χ0n) is 64.7. The Labute approximate surface area is 664 Å². The van der Waals surface area contributed by atoms with Gasteiger partial charge >= 0.3 is 0 Å². The van der Waals surface area contributed by atoms with Gasteiger partial charge in [0, 0.05) is 124 Å². The molecule has 6 amide bonds. The molecule has 10 aromatic rings. The van der Waals surface area contributed by atoms with Gasteiger partial charge in [0.1, 0.15) is 45.0 Å². The molecule has 3 unspecified atom stereocenters. The average Bonchev–Trinajstić information content (AvgIpc) is 1.00. The van der Waals surface area contributed by atoms with Crippen LogP contribution in [-0.2, 0) is 42.9 Å². The standard InChI is InChI=1S/C80H88Cl2N20O12/c1-40(2)101-69-44(23-46(31-84-69)88-67-54(81)33-86-77(92-67)99-36-79(37-99)21-19-58(42(5)29-79)112-48-11-13-50-56(27-48)97(9)94-65(50)52-15-17-62(103)90-71(52)106)25-60(74(101)109)111-35-64(105)96(8)76(73(108)83-7)114-61-26-45-24-47(32-85-70(45)102(41(3)4)75(61)110)89-68-55(82)34-87-78(93-68)100-38-80(39-100)22-20-59(43(6)30-80)113-49-12-14-51-57(28-49)98(10)95-66(51)53-16-18-63(104)91-72(53)107/h11-14,23-28,31-34,40-43,52-53,58-59,76H,15-22,29-30,35-39H2,1-10H3,(H,83,108)(H,86,88,92)(H,87,89,93)(H,90,103,106)(H,91,104,107)/t42-,43-,52?,53?,58+,59+,76?/m0/s1. The molecular weight excluding hydrogens is 1500 g/mol. The van der Waals surface area contributed by atoms with Gasteiger partial charge < -0.3 is 44.7 Å². The van der Waals surface area contributed by atoms with Gasteiger partial charge in [0.05, 0.1) is 70.4 Å². The zero-order chi connectivity index (χ0) is 80.1. The first kappa shape index (κ1) is 76.4. The number of pyridine rings is 4. The Hall–Kier alpha value is -11.5. The number of carbonyl (C=O) groups excluding carboxylic acids is 6. The molecule has 16 rings (SSSR count). The second kappa shape index (κ2) is 30.1. The summed E-state index contributed by atoms with van der Waals surface area (Å²) in [7, 11) is 6.38. The molecule has 2 saturated carbocycles. The van der Waals surface area contributed by atoms with E-state index in [1.165, 1.54) is 35.4 Å². The summed E-state index contributed by atoms with van der Waals surface area (Å²) in [4.78, 5) is 140. The predicted octanol–water partition coefficient (Wildman–Crippen LogP) is 9.59. The highest BCUT2D eigenvalue weighted by Crippen LogP contribution is 2.50. The number of fused-ring (bicyclic) bond motifs is 4. The second-order valence-corrected chi connectivity index (χ2v) is 32.9. The monoisotopic (exact) mass is 1590 g/mol. The van der Waals surface area contributed by atoms with Gasteiger partial charge in [-0.3, -0.25) is 72.4 Å². The van der Waals surface area contributed by atoms with Crippen molar-refractivity contribution in [3.8, 4) is 23.0 Å². The number of halogens is 2. The molecule has 594 valence electrons. The predicted molar refractivity (Wildman–Crippen MR) is 426 cm³/mol. The van der Waals surface area contributed by atoms with E-state index in [2.05, 4.69) is 60.2 Å². The minimum Gasteiger partial charge on any atom is -0.490 e. The van der Waals surface area contributed by atoms with Crippen molar-refractivity contribution < 1.29 is 47.7 Å². The Kier molecular flexibility index (Phi) is 20.2. The number of piperidine rings is 2. The lowest BCUT2D eigenvalue weighted by atomic mass is 9.64. The average molecular weight is 1590 g/mol. The van der Waals surface area contributed by atoms with Gasteiger partial charge in [0.2, 0.25) is 35.5 Å². The van der Waals surface area contributed by atoms with Crippen LogP contribution < -0.4 is 66.4 Å². The zero-order valence-corrected chi connectivity index (χ0v) is 66.3. The minimum atomic E-state index is -1.70. The highest BCUT2D eigenvalue weighted by atomic mass is 35.5. The Morgan fingerprint density at radius 1 is 0.605 bits per heavy atom. The maximum absolute atomic E-state index is 14.4. The highest BCUT2D eigenvalue weighted by Gasteiger charge is 2.51. The Balaban J connectivity index is 0.547. The van der Waals surface area contributed by atoms with E-state index in [9.17, 15) is 38.4 Å². The van der Waals surface area contributed by atoms with Crippen molar-refractivity contribution in [1.29, 1.82) is 0 Å². The third-order valence-electron chi connectivity index (χ3n) is 23.3. The van der Waals surface area contributed by atoms with Crippen molar-refractivity contribution in [3.63, 3.8) is 0 Å². The second-order valence-electron chi connectivity index (χ2n) is 32.0. The quantitative estimate of drug-likeness (QED) is 0.0330. The molecule has 32 nitrogen and oxygen atoms in total. The van der Waals surface area contributed by atoms with Crippen LogP contribution in [-0.4, -0.2) is 164 Å². The number of nitrogens with one attached hydrogen (secondary N) is 5. The molecule has 4 saturated heterocycles. The molecular formula is C80H88Cl2N20O12. The number of hydrogen-bond donors (Lipinski definition) is 5. The molecule has 8 aromatic heterocycles. The van der Waals surface area contributed by atoms with Crippen LogP contribution in [0, 0.1) is 22.7 Å². The van der Waals surface area contributed by atoms with Crippen LogP contribution in [0.4, 0.5) is 34.9 Å². The molecule has 2 spiro atoms. The maximum atomic E-state index is 14.4. The largest absolute Gasteiger partial charge is 0.490 e. The first-order valence-electron chi connectivity index (χ1n) is 38.5. The van der Waals surface area contributed by atoms with Gasteiger partial charge in [0.15, 0.2) is 29.7 Å². The number of rotatable bonds is 21. The van der Waals surface area contributed by atoms with Crippen LogP contribution in [0.25, 0.3) is 43.9 Å². The lowest BCUT2D eigenvalue weighted by molar-refractivity contribution is -0.149. The molecule has 34 heteroatoms. The van der Waals surface area contributed by atoms with Crippen molar-refractivity contribution in [2.24, 2.45) is 36.8 Å². The number of likely N-dealkylation sites (N-methyl/N-ethyl adjacent to an activating group) is 2. The van der Waals surface area contributed by atoms with Crippen LogP contribution in [0.15, 0.2) is 95.0 Å². The molecule has 12 heterocycles. The lowest BCUT2D eigenvalue weighted by Gasteiger charge is -2.55. The van der Waals surface area contributed by atoms with E-state index in [4.69, 9.17) is 72.3 Å². The Bertz CT molecular complexity index is 5710. The van der Waals surface area contributed by atoms with E-state index < -0.39 is 59.7 Å². The number of ether oxygens (including phenoxy) is 4. The van der Waals surface area contributed by atoms with Crippen molar-refractivity contribution in [1.82, 2.24) is 79.4 Å². The van der Waals surface area contributed by atoms with Crippen molar-refractivity contribution in [2.45, 2.75) is 148 Å². The third kappa shape index (κ3) is 14.5. The third-order valence-corrected chi connectivity index (χ3v) is 23.8. The number of benzene rings is 2. The van der Waals surface area contributed by atoms with Crippen molar-refractivity contribution in [2.75, 3.05) is 67.3 Å². The fraction of sp³-hybridized carbons (Fsp3) is 0.450. The molecule has 6 aliphatic rings. The first-order valence-corrected chi connectivity index (χ1v) is 39.2. The number of amides is 6. The molecule has 0 radical (unpaired) electrons. The molecule has 2 aliphatic carbocycles. The molecule has 4 aliphatic heterocycles. The molecule has 0 bridgehead atoms. The number of anilines is 6. The number of nitrogens with zero attached hydrogens (tertiary/aromatic N) is 15. The topological polar surface area (TPSA) is 366 Å². The van der Waals surface area contributed by atoms with Gasteiger partial charge in [-0.15, -0.1) is 0 Å². The molecule has 2 aromatic carbocycles. The summed E-state index contributed by atoms with van der Waals surface area (Å²) in [6.45, 7) is 13.9. The fourth-order valence-electron chi connectivity index (χ4n) is 17.6. The normalized spacial score (nSPS) is 20.9. The minimum absolute atomic E-state index is 0.0127. The van der Waals surface area contributed by atoms with E-state index in [-0.39, 0.29) is 92.9 Å². The summed E-state index contributed by atoms with van der Waals surface area (Å²) in [6.07, 6.45) is 11.3. The summed E-state index contributed by atoms with van der Waals surface area (Å²) in [6, 6.07) is 17.3. The van der Waals surface area contributed by atoms with Gasteiger partial charge in [-0.05, 0) is 139 Å². The van der Waals surface area contributed by atoms with Crippen LogP contribution in [0.3, 0.4) is 0 Å². The van der Waals surface area contributed by atoms with E-state index >= 15 is 0 Å². The van der Waals surface area contributed by atoms with Gasteiger partial charge in [0.25, 0.3) is 29.2 Å². The maximum Gasteiger partial charge on any atom is 0.294 e. The number of hydrogen-bond acceptors (Lipinski definition) is 24. The van der Waals surface area contributed by atoms with E-state index in [0.29, 0.717) is 81.2 Å². The Morgan fingerprint density at radius 2 is 1.05 bits per heavy atom. The van der Waals surface area contributed by atoms with Gasteiger partial charge in [-0.2, -0.15) is 20.2 Å². The van der Waals surface area contributed by atoms with Gasteiger partial charge in [-0.1, -0.05) is 37.0 Å². The lowest BCUT2D eigenvalue weighted by Crippen LogP contribution is -2.60. The number of carbonyl (C=O) groups is 6. The van der Waals surface area contributed by atoms with E-state index in [1.54, 1.807) is 60.1 Å². The van der Waals surface area contributed by atoms with Crippen LogP contribution in [0.1, 0.15) is 141 Å². The SMILES string of the molecule is CNC(=O)C(Oc1cc2cc(Nc3nc(N4CC5(CC[C@@H](Oc6ccc7c(C8CCC(=O)NC8=O)nn(C)c7c6)[C@@H](C)C5)C4)ncc3Cl)cnc2n(C(C)C)c1=O)N(C)C(=O)COc1cc2cc(Nc3nc(N4CC5(CC[C@@H](Oc6ccc7c(C8CCC(=O)NC8=O)nn(C)c7c6)[C@@H](C)C5)C4)ncc3Cl)cnc2n(C(C)C)c1=O. The summed E-state index contributed by atoms with van der Waals surface area (Å²) >= 11 is 13.6. The summed E-state index contributed by atoms with van der Waals surface area (Å²) in [5.74, 6) is -0.556. The van der Waals surface area contributed by atoms with E-state index in [0.717, 1.165) is 103 Å². The van der Waals surface area contributed by atoms with Crippen LogP contribution >= 0.6 is 23.2 Å². The molecule has 7 atom stereocenters. The van der Waals surface area contributed by atoms with Gasteiger partial charge in [-0.25, -0.2) is 19.9 Å². The number of aryl methyl sites for hydroxylation is 2. The molecule has 6 fully saturated rings. The fourth-order valence-corrected chi connectivity index (χ4v) is 17.8. The van der Waals surface area contributed by atoms with Crippen molar-refractivity contribution >= 4 is 137 Å². The van der Waals surface area contributed by atoms with Crippen LogP contribution in [0.2, 0.25) is 10.0 Å².